The molecule has 1 heterocycles. The van der Waals surface area contributed by atoms with Crippen LogP contribution in [0.1, 0.15) is 10.4 Å². The van der Waals surface area contributed by atoms with Crippen LogP contribution in [0, 0.1) is 0 Å². The Kier molecular flexibility index (Phi) is 4.31. The fraction of sp³-hybridized carbons (Fsp3) is 0.125. The number of carbonyl (C=O) groups excluding carboxylic acids is 2. The predicted octanol–water partition coefficient (Wildman–Crippen LogP) is 1.85. The van der Waals surface area contributed by atoms with Gasteiger partial charge in [0.15, 0.2) is 6.10 Å². The third-order valence-corrected chi connectivity index (χ3v) is 4.07. The van der Waals surface area contributed by atoms with Crippen LogP contribution in [0.3, 0.4) is 0 Å². The normalized spacial score (nSPS) is 16.3. The molecule has 0 aliphatic carbocycles. The van der Waals surface area contributed by atoms with Crippen molar-refractivity contribution in [3.8, 4) is 5.75 Å². The van der Waals surface area contributed by atoms with E-state index < -0.39 is 12.0 Å². The summed E-state index contributed by atoms with van der Waals surface area (Å²) in [5.74, 6) is 4.97. The molecule has 2 amide bonds. The number of halogens is 1. The van der Waals surface area contributed by atoms with E-state index in [1.54, 1.807) is 42.5 Å². The van der Waals surface area contributed by atoms with Gasteiger partial charge in [0.05, 0.1) is 12.2 Å². The van der Waals surface area contributed by atoms with Crippen molar-refractivity contribution < 1.29 is 14.3 Å². The number of hydrogen-bond acceptors (Lipinski definition) is 4. The number of anilines is 1. The largest absolute Gasteiger partial charge is 0.476 e. The smallest absolute Gasteiger partial charge is 0.276 e. The van der Waals surface area contributed by atoms with Crippen LogP contribution >= 0.6 is 15.9 Å². The van der Waals surface area contributed by atoms with Gasteiger partial charge in [-0.05, 0) is 36.4 Å². The fourth-order valence-electron chi connectivity index (χ4n) is 2.40. The Hall–Kier alpha value is -2.38. The van der Waals surface area contributed by atoms with Crippen molar-refractivity contribution >= 4 is 33.4 Å². The van der Waals surface area contributed by atoms with Gasteiger partial charge in [-0.3, -0.25) is 15.0 Å². The average molecular weight is 376 g/mol. The molecule has 2 aromatic carbocycles. The number of benzene rings is 2. The van der Waals surface area contributed by atoms with Crippen LogP contribution in [0.25, 0.3) is 0 Å². The molecule has 3 N–H and O–H groups in total. The molecule has 2 aromatic rings. The van der Waals surface area contributed by atoms with E-state index in [2.05, 4.69) is 21.4 Å². The Morgan fingerprint density at radius 2 is 1.87 bits per heavy atom. The minimum Gasteiger partial charge on any atom is -0.476 e. The minimum atomic E-state index is -0.853. The second-order valence-corrected chi connectivity index (χ2v) is 5.92. The first-order valence-corrected chi connectivity index (χ1v) is 7.73. The standard InChI is InChI=1S/C16H14BrN3O3/c17-11-7-5-10(6-8-11)16(22)20-9-14(15(21)19-18)23-13-4-2-1-3-12(13)20/h1-8,14H,9,18H2,(H,19,21)/t14-/m0/s1. The number of para-hydroxylation sites is 2. The summed E-state index contributed by atoms with van der Waals surface area (Å²) in [6, 6.07) is 14.1. The van der Waals surface area contributed by atoms with Gasteiger partial charge in [0.2, 0.25) is 0 Å². The number of nitrogens with zero attached hydrogens (tertiary/aromatic N) is 1. The van der Waals surface area contributed by atoms with Gasteiger partial charge in [-0.25, -0.2) is 5.84 Å². The maximum Gasteiger partial charge on any atom is 0.276 e. The zero-order valence-corrected chi connectivity index (χ0v) is 13.6. The lowest BCUT2D eigenvalue weighted by Crippen LogP contribution is -2.52. The summed E-state index contributed by atoms with van der Waals surface area (Å²) in [7, 11) is 0. The summed E-state index contributed by atoms with van der Waals surface area (Å²) in [5, 5.41) is 0. The van der Waals surface area contributed by atoms with Crippen molar-refractivity contribution in [2.75, 3.05) is 11.4 Å². The molecule has 0 fully saturated rings. The van der Waals surface area contributed by atoms with Crippen LogP contribution in [-0.2, 0) is 4.79 Å². The SMILES string of the molecule is NNC(=O)[C@@H]1CN(C(=O)c2ccc(Br)cc2)c2ccccc2O1. The lowest BCUT2D eigenvalue weighted by molar-refractivity contribution is -0.127. The summed E-state index contributed by atoms with van der Waals surface area (Å²) >= 11 is 3.34. The Labute approximate surface area is 141 Å². The van der Waals surface area contributed by atoms with Gasteiger partial charge in [0.1, 0.15) is 5.75 Å². The molecular weight excluding hydrogens is 362 g/mol. The van der Waals surface area contributed by atoms with E-state index in [9.17, 15) is 9.59 Å². The van der Waals surface area contributed by atoms with Crippen molar-refractivity contribution in [1.82, 2.24) is 5.43 Å². The highest BCUT2D eigenvalue weighted by Crippen LogP contribution is 2.34. The zero-order valence-electron chi connectivity index (χ0n) is 12.0. The Balaban J connectivity index is 1.97. The lowest BCUT2D eigenvalue weighted by atomic mass is 10.1. The number of amides is 2. The molecule has 1 aliphatic heterocycles. The van der Waals surface area contributed by atoms with Crippen LogP contribution < -0.4 is 20.9 Å². The first-order valence-electron chi connectivity index (χ1n) is 6.93. The summed E-state index contributed by atoms with van der Waals surface area (Å²) in [5.41, 5.74) is 3.22. The van der Waals surface area contributed by atoms with Gasteiger partial charge in [-0.2, -0.15) is 0 Å². The van der Waals surface area contributed by atoms with E-state index in [0.29, 0.717) is 17.0 Å². The van der Waals surface area contributed by atoms with Gasteiger partial charge in [0, 0.05) is 10.0 Å². The summed E-state index contributed by atoms with van der Waals surface area (Å²) in [6.07, 6.45) is -0.853. The molecular formula is C16H14BrN3O3. The first-order chi connectivity index (χ1) is 11.1. The summed E-state index contributed by atoms with van der Waals surface area (Å²) in [4.78, 5) is 26.2. The number of nitrogens with one attached hydrogen (secondary N) is 1. The minimum absolute atomic E-state index is 0.0922. The molecule has 0 aromatic heterocycles. The molecule has 3 rings (SSSR count). The number of hydrazine groups is 1. The van der Waals surface area contributed by atoms with Crippen LogP contribution in [-0.4, -0.2) is 24.5 Å². The van der Waals surface area contributed by atoms with Gasteiger partial charge >= 0.3 is 0 Å². The Morgan fingerprint density at radius 3 is 2.57 bits per heavy atom. The van der Waals surface area contributed by atoms with Gasteiger partial charge < -0.3 is 9.64 Å². The second-order valence-electron chi connectivity index (χ2n) is 5.01. The van der Waals surface area contributed by atoms with E-state index in [1.165, 1.54) is 4.90 Å². The van der Waals surface area contributed by atoms with E-state index in [-0.39, 0.29) is 12.5 Å². The molecule has 0 saturated heterocycles. The molecule has 7 heteroatoms. The molecule has 0 radical (unpaired) electrons. The molecule has 0 bridgehead atoms. The third-order valence-electron chi connectivity index (χ3n) is 3.54. The molecule has 118 valence electrons. The van der Waals surface area contributed by atoms with E-state index in [4.69, 9.17) is 10.6 Å². The number of carbonyl (C=O) groups is 2. The third kappa shape index (κ3) is 3.06. The summed E-state index contributed by atoms with van der Waals surface area (Å²) < 4.78 is 6.51. The fourth-order valence-corrected chi connectivity index (χ4v) is 2.67. The van der Waals surface area contributed by atoms with Crippen LogP contribution in [0.5, 0.6) is 5.75 Å². The van der Waals surface area contributed by atoms with Crippen molar-refractivity contribution in [2.24, 2.45) is 5.84 Å². The quantitative estimate of drug-likeness (QED) is 0.476. The second kappa shape index (κ2) is 6.39. The van der Waals surface area contributed by atoms with E-state index in [1.807, 2.05) is 6.07 Å². The zero-order chi connectivity index (χ0) is 16.4. The van der Waals surface area contributed by atoms with Crippen LogP contribution in [0.2, 0.25) is 0 Å². The molecule has 0 saturated carbocycles. The molecule has 0 spiro atoms. The highest BCUT2D eigenvalue weighted by atomic mass is 79.9. The van der Waals surface area contributed by atoms with Crippen LogP contribution in [0.4, 0.5) is 5.69 Å². The topological polar surface area (TPSA) is 84.7 Å². The van der Waals surface area contributed by atoms with E-state index >= 15 is 0 Å². The van der Waals surface area contributed by atoms with Crippen molar-refractivity contribution in [3.63, 3.8) is 0 Å². The van der Waals surface area contributed by atoms with Gasteiger partial charge in [-0.1, -0.05) is 28.1 Å². The number of fused-ring (bicyclic) bond motifs is 1. The number of rotatable bonds is 2. The molecule has 6 nitrogen and oxygen atoms in total. The number of ether oxygens (including phenoxy) is 1. The van der Waals surface area contributed by atoms with E-state index in [0.717, 1.165) is 4.47 Å². The average Bonchev–Trinajstić information content (AvgIpc) is 2.60. The molecule has 0 unspecified atom stereocenters. The van der Waals surface area contributed by atoms with Gasteiger partial charge in [0.25, 0.3) is 11.8 Å². The van der Waals surface area contributed by atoms with Crippen LogP contribution in [0.15, 0.2) is 53.0 Å². The Morgan fingerprint density at radius 1 is 1.17 bits per heavy atom. The maximum absolute atomic E-state index is 12.8. The molecule has 1 atom stereocenters. The monoisotopic (exact) mass is 375 g/mol. The van der Waals surface area contributed by atoms with Crippen molar-refractivity contribution in [1.29, 1.82) is 0 Å². The number of nitrogens with two attached hydrogens (primary N) is 1. The Bertz CT molecular complexity index is 748. The highest BCUT2D eigenvalue weighted by Gasteiger charge is 2.33. The first kappa shape index (κ1) is 15.5. The number of hydrogen-bond donors (Lipinski definition) is 2. The predicted molar refractivity (Wildman–Crippen MR) is 89.0 cm³/mol. The molecule has 1 aliphatic rings. The van der Waals surface area contributed by atoms with Gasteiger partial charge in [-0.15, -0.1) is 0 Å². The van der Waals surface area contributed by atoms with Crippen molar-refractivity contribution in [3.05, 3.63) is 58.6 Å². The maximum atomic E-state index is 12.8. The molecule has 23 heavy (non-hydrogen) atoms. The highest BCUT2D eigenvalue weighted by molar-refractivity contribution is 9.10. The lowest BCUT2D eigenvalue weighted by Gasteiger charge is -2.34. The van der Waals surface area contributed by atoms with Crippen molar-refractivity contribution in [2.45, 2.75) is 6.10 Å². The summed E-state index contributed by atoms with van der Waals surface area (Å²) in [6.45, 7) is 0.0922.